The molecule has 0 aliphatic carbocycles. The smallest absolute Gasteiger partial charge is 0.244 e. The summed E-state index contributed by atoms with van der Waals surface area (Å²) < 4.78 is 4.20. The fourth-order valence-corrected chi connectivity index (χ4v) is 1.85. The summed E-state index contributed by atoms with van der Waals surface area (Å²) in [5.74, 6) is -0.0770. The number of halogens is 1. The minimum Gasteiger partial charge on any atom is -0.349 e. The molecule has 0 saturated heterocycles. The van der Waals surface area contributed by atoms with Crippen LogP contribution in [0, 0.1) is 0 Å². The summed E-state index contributed by atoms with van der Waals surface area (Å²) in [4.78, 5) is 11.9. The number of amides is 1. The van der Waals surface area contributed by atoms with Crippen molar-refractivity contribution in [2.24, 2.45) is 7.05 Å². The van der Waals surface area contributed by atoms with E-state index in [1.165, 1.54) is 0 Å². The summed E-state index contributed by atoms with van der Waals surface area (Å²) in [7, 11) is 1.84. The first-order valence-corrected chi connectivity index (χ1v) is 6.31. The second-order valence-corrected chi connectivity index (χ2v) is 4.89. The first-order chi connectivity index (χ1) is 8.58. The maximum atomic E-state index is 11.9. The number of nitrogens with zero attached hydrogens (tertiary/aromatic N) is 4. The number of carbonyl (C=O) groups excluding carboxylic acids is 1. The van der Waals surface area contributed by atoms with Crippen LogP contribution in [0.15, 0.2) is 29.1 Å². The molecule has 0 saturated carbocycles. The van der Waals surface area contributed by atoms with Crippen LogP contribution < -0.4 is 5.32 Å². The number of nitrogens with one attached hydrogen (secondary N) is 1. The molecule has 2 rings (SSSR count). The molecule has 6 nitrogen and oxygen atoms in total. The van der Waals surface area contributed by atoms with Crippen LogP contribution in [-0.4, -0.2) is 25.5 Å². The van der Waals surface area contributed by atoms with Gasteiger partial charge < -0.3 is 5.32 Å². The molecule has 96 valence electrons. The second kappa shape index (κ2) is 5.34. The zero-order valence-electron chi connectivity index (χ0n) is 10.2. The zero-order valence-corrected chi connectivity index (χ0v) is 11.8. The highest BCUT2D eigenvalue weighted by molar-refractivity contribution is 9.10. The number of carbonyl (C=O) groups is 1. The van der Waals surface area contributed by atoms with Crippen molar-refractivity contribution < 1.29 is 4.79 Å². The quantitative estimate of drug-likeness (QED) is 0.924. The lowest BCUT2D eigenvalue weighted by molar-refractivity contribution is -0.124. The first-order valence-electron chi connectivity index (χ1n) is 5.52. The van der Waals surface area contributed by atoms with Gasteiger partial charge in [-0.15, -0.1) is 0 Å². The van der Waals surface area contributed by atoms with Gasteiger partial charge in [0.15, 0.2) is 0 Å². The van der Waals surface area contributed by atoms with Gasteiger partial charge in [0, 0.05) is 19.4 Å². The van der Waals surface area contributed by atoms with E-state index >= 15 is 0 Å². The number of aryl methyl sites for hydroxylation is 1. The third-order valence-electron chi connectivity index (χ3n) is 2.71. The highest BCUT2D eigenvalue weighted by Crippen LogP contribution is 2.11. The van der Waals surface area contributed by atoms with E-state index in [2.05, 4.69) is 31.4 Å². The van der Waals surface area contributed by atoms with Gasteiger partial charge in [-0.25, -0.2) is 0 Å². The molecule has 0 aromatic carbocycles. The molecular weight excluding hydrogens is 298 g/mol. The van der Waals surface area contributed by atoms with Crippen LogP contribution >= 0.6 is 15.9 Å². The molecule has 2 heterocycles. The fraction of sp³-hybridized carbons (Fsp3) is 0.364. The number of hydrogen-bond acceptors (Lipinski definition) is 3. The van der Waals surface area contributed by atoms with Gasteiger partial charge in [-0.2, -0.15) is 10.2 Å². The maximum absolute atomic E-state index is 11.9. The molecule has 0 fully saturated rings. The molecule has 1 unspecified atom stereocenters. The maximum Gasteiger partial charge on any atom is 0.244 e. The predicted molar refractivity (Wildman–Crippen MR) is 69.7 cm³/mol. The molecule has 0 aliphatic heterocycles. The Morgan fingerprint density at radius 2 is 2.33 bits per heavy atom. The second-order valence-electron chi connectivity index (χ2n) is 3.98. The Kier molecular flexibility index (Phi) is 3.81. The summed E-state index contributed by atoms with van der Waals surface area (Å²) in [6, 6.07) is 1.53. The van der Waals surface area contributed by atoms with E-state index in [4.69, 9.17) is 0 Å². The van der Waals surface area contributed by atoms with Crippen molar-refractivity contribution in [1.82, 2.24) is 24.9 Å². The van der Waals surface area contributed by atoms with Crippen molar-refractivity contribution in [2.45, 2.75) is 19.5 Å². The third kappa shape index (κ3) is 2.79. The highest BCUT2D eigenvalue weighted by atomic mass is 79.9. The molecule has 2 aromatic rings. The van der Waals surface area contributed by atoms with E-state index in [1.807, 2.05) is 13.1 Å². The molecule has 1 amide bonds. The fourth-order valence-electron chi connectivity index (χ4n) is 1.55. The Hall–Kier alpha value is -1.63. The van der Waals surface area contributed by atoms with Crippen LogP contribution in [0.1, 0.15) is 18.7 Å². The average Bonchev–Trinajstić information content (AvgIpc) is 2.94. The minimum absolute atomic E-state index is 0.0770. The molecule has 0 radical (unpaired) electrons. The summed E-state index contributed by atoms with van der Waals surface area (Å²) in [6.45, 7) is 2.26. The third-order valence-corrected chi connectivity index (χ3v) is 3.12. The molecule has 1 N–H and O–H groups in total. The summed E-state index contributed by atoms with van der Waals surface area (Å²) in [6.07, 6.45) is 5.13. The highest BCUT2D eigenvalue weighted by Gasteiger charge is 2.15. The molecule has 0 spiro atoms. The van der Waals surface area contributed by atoms with Gasteiger partial charge in [-0.05, 0) is 28.9 Å². The van der Waals surface area contributed by atoms with Crippen LogP contribution in [0.2, 0.25) is 0 Å². The van der Waals surface area contributed by atoms with Gasteiger partial charge >= 0.3 is 0 Å². The predicted octanol–water partition coefficient (Wildman–Crippen LogP) is 1.26. The SMILES string of the molecule is CC(C(=O)NCc1ccnn1C)n1cc(Br)cn1. The molecular formula is C11H14BrN5O. The van der Waals surface area contributed by atoms with Crippen LogP contribution in [0.4, 0.5) is 0 Å². The largest absolute Gasteiger partial charge is 0.349 e. The minimum atomic E-state index is -0.343. The number of rotatable bonds is 4. The van der Waals surface area contributed by atoms with Crippen molar-refractivity contribution in [3.63, 3.8) is 0 Å². The monoisotopic (exact) mass is 311 g/mol. The van der Waals surface area contributed by atoms with Crippen LogP contribution in [-0.2, 0) is 18.4 Å². The lowest BCUT2D eigenvalue weighted by Gasteiger charge is -2.12. The van der Waals surface area contributed by atoms with E-state index in [0.717, 1.165) is 10.2 Å². The van der Waals surface area contributed by atoms with Crippen molar-refractivity contribution in [3.05, 3.63) is 34.8 Å². The average molecular weight is 312 g/mol. The van der Waals surface area contributed by atoms with E-state index in [1.54, 1.807) is 34.9 Å². The van der Waals surface area contributed by atoms with E-state index in [-0.39, 0.29) is 11.9 Å². The Morgan fingerprint density at radius 3 is 2.89 bits per heavy atom. The lowest BCUT2D eigenvalue weighted by atomic mass is 10.3. The van der Waals surface area contributed by atoms with E-state index < -0.39 is 0 Å². The summed E-state index contributed by atoms with van der Waals surface area (Å²) in [5.41, 5.74) is 0.956. The Balaban J connectivity index is 1.94. The standard InChI is InChI=1S/C11H14BrN5O/c1-8(17-7-9(12)5-15-17)11(18)13-6-10-3-4-14-16(10)2/h3-5,7-8H,6H2,1-2H3,(H,13,18). The molecule has 18 heavy (non-hydrogen) atoms. The first kappa shape index (κ1) is 12.8. The van der Waals surface area contributed by atoms with Crippen LogP contribution in [0.25, 0.3) is 0 Å². The van der Waals surface area contributed by atoms with E-state index in [0.29, 0.717) is 6.54 Å². The molecule has 2 aromatic heterocycles. The molecule has 0 bridgehead atoms. The van der Waals surface area contributed by atoms with E-state index in [9.17, 15) is 4.79 Å². The molecule has 7 heteroatoms. The normalized spacial score (nSPS) is 12.4. The lowest BCUT2D eigenvalue weighted by Crippen LogP contribution is -2.31. The van der Waals surface area contributed by atoms with Crippen molar-refractivity contribution in [3.8, 4) is 0 Å². The molecule has 0 aliphatic rings. The van der Waals surface area contributed by atoms with Gasteiger partial charge in [0.25, 0.3) is 0 Å². The van der Waals surface area contributed by atoms with Crippen molar-refractivity contribution in [1.29, 1.82) is 0 Å². The zero-order chi connectivity index (χ0) is 13.1. The van der Waals surface area contributed by atoms with Crippen molar-refractivity contribution >= 4 is 21.8 Å². The Labute approximate surface area is 113 Å². The van der Waals surface area contributed by atoms with Gasteiger partial charge in [0.05, 0.1) is 22.9 Å². The van der Waals surface area contributed by atoms with Crippen molar-refractivity contribution in [2.75, 3.05) is 0 Å². The van der Waals surface area contributed by atoms with Gasteiger partial charge in [0.1, 0.15) is 6.04 Å². The van der Waals surface area contributed by atoms with Gasteiger partial charge in [-0.3, -0.25) is 14.2 Å². The topological polar surface area (TPSA) is 64.7 Å². The summed E-state index contributed by atoms with van der Waals surface area (Å²) >= 11 is 3.30. The van der Waals surface area contributed by atoms with Crippen LogP contribution in [0.3, 0.4) is 0 Å². The molecule has 1 atom stereocenters. The van der Waals surface area contributed by atoms with Gasteiger partial charge in [0.2, 0.25) is 5.91 Å². The summed E-state index contributed by atoms with van der Waals surface area (Å²) in [5, 5.41) is 11.0. The van der Waals surface area contributed by atoms with Crippen LogP contribution in [0.5, 0.6) is 0 Å². The number of aromatic nitrogens is 4. The number of hydrogen-bond donors (Lipinski definition) is 1. The van der Waals surface area contributed by atoms with Gasteiger partial charge in [-0.1, -0.05) is 0 Å². The Bertz CT molecular complexity index is 547. The Morgan fingerprint density at radius 1 is 1.56 bits per heavy atom.